The lowest BCUT2D eigenvalue weighted by Crippen LogP contribution is -2.35. The molecule has 0 aromatic carbocycles. The molecule has 0 saturated carbocycles. The van der Waals surface area contributed by atoms with Gasteiger partial charge in [0.05, 0.1) is 5.56 Å². The van der Waals surface area contributed by atoms with Crippen LogP contribution in [0.15, 0.2) is 18.3 Å². The third kappa shape index (κ3) is 4.20. The van der Waals surface area contributed by atoms with Gasteiger partial charge in [-0.3, -0.25) is 4.98 Å². The van der Waals surface area contributed by atoms with E-state index in [0.29, 0.717) is 5.69 Å². The van der Waals surface area contributed by atoms with Crippen molar-refractivity contribution in [2.75, 3.05) is 6.54 Å². The van der Waals surface area contributed by atoms with Crippen LogP contribution in [-0.2, 0) is 6.18 Å². The molecular formula is C14H21F3N2. The Kier molecular flexibility index (Phi) is 5.35. The van der Waals surface area contributed by atoms with Gasteiger partial charge >= 0.3 is 6.18 Å². The van der Waals surface area contributed by atoms with Gasteiger partial charge in [-0.1, -0.05) is 20.8 Å². The number of rotatable bonds is 5. The number of aromatic nitrogens is 1. The van der Waals surface area contributed by atoms with Gasteiger partial charge in [0.2, 0.25) is 0 Å². The fourth-order valence-electron chi connectivity index (χ4n) is 2.43. The molecular weight excluding hydrogens is 253 g/mol. The summed E-state index contributed by atoms with van der Waals surface area (Å²) in [5.74, 6) is 0.173. The van der Waals surface area contributed by atoms with Crippen molar-refractivity contribution in [1.82, 2.24) is 10.3 Å². The highest BCUT2D eigenvalue weighted by Crippen LogP contribution is 2.33. The second-order valence-electron chi connectivity index (χ2n) is 5.08. The SMILES string of the molecule is CCNC(C)C(c1cc(C(F)(F)F)ccn1)C(C)C. The molecule has 1 aromatic rings. The van der Waals surface area contributed by atoms with Crippen molar-refractivity contribution >= 4 is 0 Å². The fourth-order valence-corrected chi connectivity index (χ4v) is 2.43. The molecule has 0 amide bonds. The highest BCUT2D eigenvalue weighted by molar-refractivity contribution is 5.23. The largest absolute Gasteiger partial charge is 0.416 e. The number of nitrogens with one attached hydrogen (secondary N) is 1. The van der Waals surface area contributed by atoms with E-state index in [1.54, 1.807) is 0 Å². The molecule has 2 nitrogen and oxygen atoms in total. The minimum Gasteiger partial charge on any atom is -0.314 e. The molecule has 2 atom stereocenters. The Hall–Kier alpha value is -1.10. The molecule has 0 spiro atoms. The van der Waals surface area contributed by atoms with Gasteiger partial charge in [-0.25, -0.2) is 0 Å². The van der Waals surface area contributed by atoms with Crippen LogP contribution in [0.4, 0.5) is 13.2 Å². The van der Waals surface area contributed by atoms with E-state index in [0.717, 1.165) is 12.6 Å². The quantitative estimate of drug-likeness (QED) is 0.882. The maximum Gasteiger partial charge on any atom is 0.416 e. The van der Waals surface area contributed by atoms with Gasteiger partial charge in [0.1, 0.15) is 0 Å². The summed E-state index contributed by atoms with van der Waals surface area (Å²) in [4.78, 5) is 4.14. The number of alkyl halides is 3. The summed E-state index contributed by atoms with van der Waals surface area (Å²) in [6.45, 7) is 8.74. The van der Waals surface area contributed by atoms with Crippen LogP contribution >= 0.6 is 0 Å². The molecule has 5 heteroatoms. The Morgan fingerprint density at radius 2 is 1.89 bits per heavy atom. The van der Waals surface area contributed by atoms with Gasteiger partial charge in [-0.15, -0.1) is 0 Å². The van der Waals surface area contributed by atoms with Crippen LogP contribution in [0.2, 0.25) is 0 Å². The topological polar surface area (TPSA) is 24.9 Å². The normalized spacial score (nSPS) is 15.6. The van der Waals surface area contributed by atoms with Crippen LogP contribution in [0, 0.1) is 5.92 Å². The summed E-state index contributed by atoms with van der Waals surface area (Å²) in [7, 11) is 0. The maximum absolute atomic E-state index is 12.7. The van der Waals surface area contributed by atoms with E-state index in [1.807, 2.05) is 27.7 Å². The molecule has 108 valence electrons. The Morgan fingerprint density at radius 1 is 1.26 bits per heavy atom. The summed E-state index contributed by atoms with van der Waals surface area (Å²) >= 11 is 0. The molecule has 0 aliphatic heterocycles. The van der Waals surface area contributed by atoms with E-state index in [1.165, 1.54) is 12.3 Å². The molecule has 1 aromatic heterocycles. The Labute approximate surface area is 112 Å². The van der Waals surface area contributed by atoms with E-state index in [9.17, 15) is 13.2 Å². The molecule has 0 saturated heterocycles. The van der Waals surface area contributed by atoms with Gasteiger partial charge in [0.15, 0.2) is 0 Å². The first-order valence-corrected chi connectivity index (χ1v) is 6.53. The van der Waals surface area contributed by atoms with Crippen molar-refractivity contribution in [3.63, 3.8) is 0 Å². The summed E-state index contributed by atoms with van der Waals surface area (Å²) in [6.07, 6.45) is -3.08. The van der Waals surface area contributed by atoms with Gasteiger partial charge in [0, 0.05) is 23.9 Å². The van der Waals surface area contributed by atoms with Gasteiger partial charge in [-0.05, 0) is 31.5 Å². The smallest absolute Gasteiger partial charge is 0.314 e. The van der Waals surface area contributed by atoms with Gasteiger partial charge in [-0.2, -0.15) is 13.2 Å². The van der Waals surface area contributed by atoms with Crippen molar-refractivity contribution in [1.29, 1.82) is 0 Å². The number of pyridine rings is 1. The zero-order valence-corrected chi connectivity index (χ0v) is 11.8. The predicted molar refractivity (Wildman–Crippen MR) is 70.0 cm³/mol. The number of likely N-dealkylation sites (N-methyl/N-ethyl adjacent to an activating group) is 1. The first-order chi connectivity index (χ1) is 8.77. The average molecular weight is 274 g/mol. The van der Waals surface area contributed by atoms with Crippen LogP contribution in [-0.4, -0.2) is 17.6 Å². The molecule has 1 heterocycles. The monoisotopic (exact) mass is 274 g/mol. The third-order valence-corrected chi connectivity index (χ3v) is 3.23. The van der Waals surface area contributed by atoms with Crippen LogP contribution in [0.5, 0.6) is 0 Å². The molecule has 0 fully saturated rings. The van der Waals surface area contributed by atoms with Crippen molar-refractivity contribution in [2.24, 2.45) is 5.92 Å². The summed E-state index contributed by atoms with van der Waals surface area (Å²) < 4.78 is 38.2. The molecule has 0 aliphatic rings. The molecule has 0 radical (unpaired) electrons. The second-order valence-corrected chi connectivity index (χ2v) is 5.08. The lowest BCUT2D eigenvalue weighted by atomic mass is 9.85. The lowest BCUT2D eigenvalue weighted by Gasteiger charge is -2.28. The first kappa shape index (κ1) is 16.0. The van der Waals surface area contributed by atoms with Crippen molar-refractivity contribution < 1.29 is 13.2 Å². The van der Waals surface area contributed by atoms with Crippen LogP contribution in [0.1, 0.15) is 44.9 Å². The minimum absolute atomic E-state index is 0.0396. The zero-order valence-electron chi connectivity index (χ0n) is 11.8. The summed E-state index contributed by atoms with van der Waals surface area (Å²) in [5.41, 5.74) is -0.134. The van der Waals surface area contributed by atoms with E-state index in [2.05, 4.69) is 10.3 Å². The molecule has 0 bridgehead atoms. The van der Waals surface area contributed by atoms with Gasteiger partial charge in [0.25, 0.3) is 0 Å². The second kappa shape index (κ2) is 6.37. The molecule has 19 heavy (non-hydrogen) atoms. The first-order valence-electron chi connectivity index (χ1n) is 6.53. The standard InChI is InChI=1S/C14H21F3N2/c1-5-18-10(4)13(9(2)3)12-8-11(6-7-19-12)14(15,16)17/h6-10,13,18H,5H2,1-4H3. The van der Waals surface area contributed by atoms with E-state index in [-0.39, 0.29) is 17.9 Å². The van der Waals surface area contributed by atoms with Crippen LogP contribution in [0.3, 0.4) is 0 Å². The zero-order chi connectivity index (χ0) is 14.6. The molecule has 1 N–H and O–H groups in total. The fraction of sp³-hybridized carbons (Fsp3) is 0.643. The predicted octanol–water partition coefficient (Wildman–Crippen LogP) is 3.84. The van der Waals surface area contributed by atoms with E-state index < -0.39 is 11.7 Å². The number of nitrogens with zero attached hydrogens (tertiary/aromatic N) is 1. The van der Waals surface area contributed by atoms with Crippen LogP contribution in [0.25, 0.3) is 0 Å². The number of hydrogen-bond donors (Lipinski definition) is 1. The Balaban J connectivity index is 3.10. The third-order valence-electron chi connectivity index (χ3n) is 3.23. The molecule has 2 unspecified atom stereocenters. The maximum atomic E-state index is 12.7. The van der Waals surface area contributed by atoms with Crippen molar-refractivity contribution in [3.8, 4) is 0 Å². The van der Waals surface area contributed by atoms with Gasteiger partial charge < -0.3 is 5.32 Å². The number of hydrogen-bond acceptors (Lipinski definition) is 2. The molecule has 1 rings (SSSR count). The van der Waals surface area contributed by atoms with Crippen molar-refractivity contribution in [3.05, 3.63) is 29.6 Å². The van der Waals surface area contributed by atoms with Crippen LogP contribution < -0.4 is 5.32 Å². The Bertz CT molecular complexity index is 402. The highest BCUT2D eigenvalue weighted by Gasteiger charge is 2.32. The summed E-state index contributed by atoms with van der Waals surface area (Å²) in [6, 6.07) is 2.26. The summed E-state index contributed by atoms with van der Waals surface area (Å²) in [5, 5.41) is 3.26. The van der Waals surface area contributed by atoms with E-state index in [4.69, 9.17) is 0 Å². The van der Waals surface area contributed by atoms with Crippen molar-refractivity contribution in [2.45, 2.75) is 45.8 Å². The van der Waals surface area contributed by atoms with E-state index >= 15 is 0 Å². The molecule has 0 aliphatic carbocycles. The number of halogens is 3. The lowest BCUT2D eigenvalue weighted by molar-refractivity contribution is -0.137. The Morgan fingerprint density at radius 3 is 2.37 bits per heavy atom. The highest BCUT2D eigenvalue weighted by atomic mass is 19.4. The minimum atomic E-state index is -4.32. The average Bonchev–Trinajstić information content (AvgIpc) is 2.28.